The van der Waals surface area contributed by atoms with Crippen molar-refractivity contribution in [2.75, 3.05) is 40.8 Å². The van der Waals surface area contributed by atoms with Crippen LogP contribution in [0.5, 0.6) is 0 Å². The monoisotopic (exact) mass is 497 g/mol. The molecule has 1 saturated carbocycles. The summed E-state index contributed by atoms with van der Waals surface area (Å²) in [6, 6.07) is 5.72. The van der Waals surface area contributed by atoms with E-state index in [-0.39, 0.29) is 11.8 Å². The molecule has 190 valence electrons. The van der Waals surface area contributed by atoms with Gasteiger partial charge in [-0.15, -0.1) is 0 Å². The van der Waals surface area contributed by atoms with Gasteiger partial charge >= 0.3 is 0 Å². The fourth-order valence-corrected chi connectivity index (χ4v) is 5.74. The van der Waals surface area contributed by atoms with Crippen molar-refractivity contribution in [3.05, 3.63) is 71.3 Å². The molecule has 0 N–H and O–H groups in total. The Morgan fingerprint density at radius 3 is 2.40 bits per heavy atom. The lowest BCUT2D eigenvalue weighted by atomic mass is 9.81. The number of rotatable bonds is 9. The highest BCUT2D eigenvalue weighted by Crippen LogP contribution is 2.59. The summed E-state index contributed by atoms with van der Waals surface area (Å²) in [6.07, 6.45) is 8.72. The molecule has 0 radical (unpaired) electrons. The molecular weight excluding hydrogens is 458 g/mol. The Balaban J connectivity index is 1.53. The Morgan fingerprint density at radius 2 is 1.86 bits per heavy atom. The van der Waals surface area contributed by atoms with Gasteiger partial charge in [-0.1, -0.05) is 49.1 Å². The first kappa shape index (κ1) is 27.2. The van der Waals surface area contributed by atoms with Gasteiger partial charge in [-0.3, -0.25) is 9.59 Å². The van der Waals surface area contributed by atoms with Crippen molar-refractivity contribution in [3.63, 3.8) is 0 Å². The lowest BCUT2D eigenvalue weighted by molar-refractivity contribution is -0.140. The number of benzene rings is 1. The first-order valence-corrected chi connectivity index (χ1v) is 12.8. The molecule has 5 nitrogen and oxygen atoms in total. The summed E-state index contributed by atoms with van der Waals surface area (Å²) in [5.41, 5.74) is 2.32. The molecule has 1 aromatic carbocycles. The second-order valence-corrected chi connectivity index (χ2v) is 11.4. The number of amides is 2. The first-order chi connectivity index (χ1) is 16.4. The third-order valence-corrected chi connectivity index (χ3v) is 8.15. The van der Waals surface area contributed by atoms with E-state index in [1.54, 1.807) is 26.2 Å². The van der Waals surface area contributed by atoms with Gasteiger partial charge in [0.15, 0.2) is 0 Å². The maximum absolute atomic E-state index is 13.3. The number of halogens is 1. The van der Waals surface area contributed by atoms with Gasteiger partial charge in [-0.05, 0) is 74.8 Å². The standard InChI is InChI=1S/C29H40ClN3O2/c1-8-10-22(9-2)28(3,4)27(35)33-15-13-29(14-16-33)18-23(29)20-32(7)19-21-11-12-24(25(30)17-21)26(34)31(5)6/h8-12,17,23H,1-2,13-16,18-20H2,3-7H3/b22-10+. The number of carbonyl (C=O) groups excluding carboxylic acids is 2. The van der Waals surface area contributed by atoms with Gasteiger partial charge in [-0.2, -0.15) is 0 Å². The molecule has 1 heterocycles. The van der Waals surface area contributed by atoms with Crippen LogP contribution < -0.4 is 0 Å². The molecule has 1 spiro atoms. The van der Waals surface area contributed by atoms with Crippen molar-refractivity contribution in [2.24, 2.45) is 16.7 Å². The predicted octanol–water partition coefficient (Wildman–Crippen LogP) is 5.43. The quantitative estimate of drug-likeness (QED) is 0.427. The van der Waals surface area contributed by atoms with Gasteiger partial charge in [0.05, 0.1) is 16.0 Å². The number of allylic oxidation sites excluding steroid dienone is 3. The van der Waals surface area contributed by atoms with Crippen LogP contribution in [0.3, 0.4) is 0 Å². The van der Waals surface area contributed by atoms with Gasteiger partial charge in [0.2, 0.25) is 5.91 Å². The zero-order chi connectivity index (χ0) is 26.0. The van der Waals surface area contributed by atoms with Crippen LogP contribution in [0.4, 0.5) is 0 Å². The van der Waals surface area contributed by atoms with Crippen molar-refractivity contribution in [3.8, 4) is 0 Å². The van der Waals surface area contributed by atoms with Gasteiger partial charge < -0.3 is 14.7 Å². The van der Waals surface area contributed by atoms with Crippen molar-refractivity contribution in [1.82, 2.24) is 14.7 Å². The zero-order valence-electron chi connectivity index (χ0n) is 21.9. The van der Waals surface area contributed by atoms with Crippen molar-refractivity contribution >= 4 is 23.4 Å². The van der Waals surface area contributed by atoms with Crippen LogP contribution in [0.1, 0.15) is 49.0 Å². The topological polar surface area (TPSA) is 43.9 Å². The first-order valence-electron chi connectivity index (χ1n) is 12.4. The molecule has 1 aromatic rings. The summed E-state index contributed by atoms with van der Waals surface area (Å²) in [5.74, 6) is 0.746. The highest BCUT2D eigenvalue weighted by molar-refractivity contribution is 6.33. The van der Waals surface area contributed by atoms with Crippen molar-refractivity contribution in [2.45, 2.75) is 39.7 Å². The second kappa shape index (κ2) is 10.7. The summed E-state index contributed by atoms with van der Waals surface area (Å²) in [4.78, 5) is 31.4. The average molecular weight is 498 g/mol. The summed E-state index contributed by atoms with van der Waals surface area (Å²) < 4.78 is 0. The van der Waals surface area contributed by atoms with Crippen LogP contribution in [0.25, 0.3) is 0 Å². The Morgan fingerprint density at radius 1 is 1.20 bits per heavy atom. The minimum Gasteiger partial charge on any atom is -0.345 e. The Hall–Kier alpha value is -2.37. The largest absolute Gasteiger partial charge is 0.345 e. The molecule has 2 fully saturated rings. The molecule has 6 heteroatoms. The summed E-state index contributed by atoms with van der Waals surface area (Å²) in [6.45, 7) is 15.0. The molecule has 0 aromatic heterocycles. The van der Waals surface area contributed by atoms with E-state index in [0.717, 1.165) is 50.2 Å². The van der Waals surface area contributed by atoms with Gasteiger partial charge in [0, 0.05) is 40.3 Å². The summed E-state index contributed by atoms with van der Waals surface area (Å²) >= 11 is 6.39. The smallest absolute Gasteiger partial charge is 0.254 e. The minimum absolute atomic E-state index is 0.0829. The van der Waals surface area contributed by atoms with Crippen LogP contribution in [0.15, 0.2) is 55.2 Å². The SMILES string of the molecule is C=C/C=C(\C=C)C(C)(C)C(=O)N1CCC2(CC1)CC2CN(C)Cc1ccc(C(=O)N(C)C)c(Cl)c1. The third kappa shape index (κ3) is 5.90. The van der Waals surface area contributed by atoms with E-state index in [9.17, 15) is 9.59 Å². The Kier molecular flexibility index (Phi) is 8.33. The fraction of sp³-hybridized carbons (Fsp3) is 0.517. The van der Waals surface area contributed by atoms with E-state index in [1.807, 2.05) is 43.0 Å². The molecule has 2 amide bonds. The molecule has 35 heavy (non-hydrogen) atoms. The van der Waals surface area contributed by atoms with Crippen LogP contribution >= 0.6 is 11.6 Å². The van der Waals surface area contributed by atoms with Crippen molar-refractivity contribution in [1.29, 1.82) is 0 Å². The number of nitrogens with zero attached hydrogens (tertiary/aromatic N) is 3. The lowest BCUT2D eigenvalue weighted by Crippen LogP contribution is -2.46. The lowest BCUT2D eigenvalue weighted by Gasteiger charge is -2.38. The molecule has 1 atom stereocenters. The van der Waals surface area contributed by atoms with Crippen LogP contribution in [-0.2, 0) is 11.3 Å². The predicted molar refractivity (Wildman–Crippen MR) is 144 cm³/mol. The van der Waals surface area contributed by atoms with Crippen LogP contribution in [0.2, 0.25) is 5.02 Å². The van der Waals surface area contributed by atoms with Gasteiger partial charge in [0.1, 0.15) is 0 Å². The maximum Gasteiger partial charge on any atom is 0.254 e. The second-order valence-electron chi connectivity index (χ2n) is 11.0. The normalized spacial score (nSPS) is 19.6. The number of piperidine rings is 1. The average Bonchev–Trinajstić information content (AvgIpc) is 3.46. The van der Waals surface area contributed by atoms with E-state index in [1.165, 1.54) is 11.3 Å². The Bertz CT molecular complexity index is 1020. The fourth-order valence-electron chi connectivity index (χ4n) is 5.46. The summed E-state index contributed by atoms with van der Waals surface area (Å²) in [5, 5.41) is 0.500. The third-order valence-electron chi connectivity index (χ3n) is 7.83. The molecule has 1 aliphatic heterocycles. The Labute approximate surface area is 216 Å². The number of hydrogen-bond donors (Lipinski definition) is 0. The van der Waals surface area contributed by atoms with Gasteiger partial charge in [0.25, 0.3) is 5.91 Å². The van der Waals surface area contributed by atoms with Crippen LogP contribution in [-0.4, -0.2) is 67.3 Å². The van der Waals surface area contributed by atoms with E-state index >= 15 is 0 Å². The molecule has 0 bridgehead atoms. The highest BCUT2D eigenvalue weighted by Gasteiger charge is 2.55. The van der Waals surface area contributed by atoms with E-state index in [4.69, 9.17) is 11.6 Å². The van der Waals surface area contributed by atoms with E-state index in [0.29, 0.717) is 21.9 Å². The number of hydrogen-bond acceptors (Lipinski definition) is 3. The molecular formula is C29H40ClN3O2. The highest BCUT2D eigenvalue weighted by atomic mass is 35.5. The molecule has 1 aliphatic carbocycles. The minimum atomic E-state index is -0.600. The van der Waals surface area contributed by atoms with Crippen molar-refractivity contribution < 1.29 is 9.59 Å². The van der Waals surface area contributed by atoms with E-state index in [2.05, 4.69) is 25.1 Å². The molecule has 1 saturated heterocycles. The summed E-state index contributed by atoms with van der Waals surface area (Å²) in [7, 11) is 5.60. The maximum atomic E-state index is 13.3. The molecule has 3 rings (SSSR count). The molecule has 2 aliphatic rings. The number of likely N-dealkylation sites (tertiary alicyclic amines) is 1. The van der Waals surface area contributed by atoms with Crippen LogP contribution in [0, 0.1) is 16.7 Å². The molecule has 1 unspecified atom stereocenters. The van der Waals surface area contributed by atoms with E-state index < -0.39 is 5.41 Å². The number of carbonyl (C=O) groups is 2. The zero-order valence-corrected chi connectivity index (χ0v) is 22.7. The van der Waals surface area contributed by atoms with Gasteiger partial charge in [-0.25, -0.2) is 0 Å².